The molecule has 2 aliphatic carbocycles. The number of ether oxygens (including phenoxy) is 1. The lowest BCUT2D eigenvalue weighted by atomic mass is 9.97. The minimum atomic E-state index is 0.321. The van der Waals surface area contributed by atoms with Crippen molar-refractivity contribution in [2.24, 2.45) is 5.92 Å². The summed E-state index contributed by atoms with van der Waals surface area (Å²) in [6.07, 6.45) is 15.1. The molecule has 3 fully saturated rings. The highest BCUT2D eigenvalue weighted by Crippen LogP contribution is 2.44. The lowest BCUT2D eigenvalue weighted by Gasteiger charge is -2.23. The van der Waals surface area contributed by atoms with Crippen LogP contribution in [0.3, 0.4) is 0 Å². The van der Waals surface area contributed by atoms with Crippen molar-refractivity contribution in [1.82, 2.24) is 0 Å². The molecule has 2 unspecified atom stereocenters. The van der Waals surface area contributed by atoms with E-state index in [0.29, 0.717) is 17.1 Å². The number of alkyl halides is 1. The fourth-order valence-corrected chi connectivity index (χ4v) is 4.13. The van der Waals surface area contributed by atoms with Gasteiger partial charge in [-0.3, -0.25) is 0 Å². The minimum Gasteiger partial charge on any atom is -0.372 e. The first-order valence-corrected chi connectivity index (χ1v) is 8.03. The van der Waals surface area contributed by atoms with Crippen molar-refractivity contribution in [3.63, 3.8) is 0 Å². The minimum absolute atomic E-state index is 0.321. The summed E-state index contributed by atoms with van der Waals surface area (Å²) in [7, 11) is 0. The van der Waals surface area contributed by atoms with E-state index >= 15 is 0 Å². The number of halogens is 1. The zero-order valence-corrected chi connectivity index (χ0v) is 11.6. The topological polar surface area (TPSA) is 9.23 Å². The Balaban J connectivity index is 1.35. The highest BCUT2D eigenvalue weighted by Gasteiger charge is 2.41. The first kappa shape index (κ1) is 12.3. The summed E-state index contributed by atoms with van der Waals surface area (Å²) >= 11 is 6.34. The standard InChI is InChI=1S/C15H25ClO/c16-14(12-6-7-12)5-3-4-13-8-11-15(17-13)9-1-2-10-15/h12-14H,1-11H2. The smallest absolute Gasteiger partial charge is 0.0687 e. The molecule has 3 aliphatic rings. The number of rotatable bonds is 5. The van der Waals surface area contributed by atoms with Crippen LogP contribution in [0, 0.1) is 5.92 Å². The van der Waals surface area contributed by atoms with E-state index in [1.165, 1.54) is 70.6 Å². The van der Waals surface area contributed by atoms with Gasteiger partial charge < -0.3 is 4.74 Å². The Labute approximate surface area is 110 Å². The van der Waals surface area contributed by atoms with Gasteiger partial charge in [0.25, 0.3) is 0 Å². The van der Waals surface area contributed by atoms with E-state index in [1.807, 2.05) is 0 Å². The maximum atomic E-state index is 6.34. The second-order valence-corrected chi connectivity index (χ2v) is 7.01. The lowest BCUT2D eigenvalue weighted by Crippen LogP contribution is -2.24. The third-order valence-corrected chi connectivity index (χ3v) is 5.57. The third kappa shape index (κ3) is 2.98. The Hall–Kier alpha value is 0.250. The summed E-state index contributed by atoms with van der Waals surface area (Å²) in [6.45, 7) is 0. The Morgan fingerprint density at radius 2 is 1.88 bits per heavy atom. The molecule has 0 aromatic heterocycles. The van der Waals surface area contributed by atoms with Crippen LogP contribution in [-0.4, -0.2) is 17.1 Å². The molecule has 0 amide bonds. The van der Waals surface area contributed by atoms with Gasteiger partial charge in [0, 0.05) is 5.38 Å². The molecule has 0 N–H and O–H groups in total. The summed E-state index contributed by atoms with van der Waals surface area (Å²) in [5.41, 5.74) is 0.321. The van der Waals surface area contributed by atoms with Gasteiger partial charge in [-0.2, -0.15) is 0 Å². The molecule has 98 valence electrons. The maximum absolute atomic E-state index is 6.34. The predicted molar refractivity (Wildman–Crippen MR) is 71.5 cm³/mol. The molecule has 1 aliphatic heterocycles. The zero-order valence-electron chi connectivity index (χ0n) is 10.8. The first-order valence-electron chi connectivity index (χ1n) is 7.59. The van der Waals surface area contributed by atoms with Gasteiger partial charge in [-0.1, -0.05) is 12.8 Å². The van der Waals surface area contributed by atoms with Gasteiger partial charge in [0.15, 0.2) is 0 Å². The first-order chi connectivity index (χ1) is 8.27. The van der Waals surface area contributed by atoms with Crippen LogP contribution in [0.4, 0.5) is 0 Å². The van der Waals surface area contributed by atoms with E-state index in [1.54, 1.807) is 0 Å². The molecule has 0 aromatic rings. The van der Waals surface area contributed by atoms with Crippen LogP contribution >= 0.6 is 11.6 Å². The van der Waals surface area contributed by atoms with Gasteiger partial charge in [0.05, 0.1) is 11.7 Å². The van der Waals surface area contributed by atoms with Crippen molar-refractivity contribution in [3.05, 3.63) is 0 Å². The summed E-state index contributed by atoms with van der Waals surface area (Å²) in [5.74, 6) is 0.849. The molecule has 0 aromatic carbocycles. The van der Waals surface area contributed by atoms with E-state index in [4.69, 9.17) is 16.3 Å². The molecule has 1 saturated heterocycles. The van der Waals surface area contributed by atoms with Crippen LogP contribution in [0.5, 0.6) is 0 Å². The normalized spacial score (nSPS) is 33.4. The van der Waals surface area contributed by atoms with Gasteiger partial charge in [0.1, 0.15) is 0 Å². The molecule has 1 nitrogen and oxygen atoms in total. The van der Waals surface area contributed by atoms with Crippen LogP contribution in [0.2, 0.25) is 0 Å². The Morgan fingerprint density at radius 1 is 1.12 bits per heavy atom. The second-order valence-electron chi connectivity index (χ2n) is 6.45. The number of hydrogen-bond acceptors (Lipinski definition) is 1. The van der Waals surface area contributed by atoms with Crippen LogP contribution in [0.25, 0.3) is 0 Å². The van der Waals surface area contributed by atoms with Crippen LogP contribution in [0.1, 0.15) is 70.6 Å². The maximum Gasteiger partial charge on any atom is 0.0687 e. The summed E-state index contributed by atoms with van der Waals surface area (Å²) < 4.78 is 6.32. The summed E-state index contributed by atoms with van der Waals surface area (Å²) in [4.78, 5) is 0. The van der Waals surface area contributed by atoms with Crippen molar-refractivity contribution < 1.29 is 4.74 Å². The predicted octanol–water partition coefficient (Wildman–Crippen LogP) is 4.67. The molecular weight excluding hydrogens is 232 g/mol. The summed E-state index contributed by atoms with van der Waals surface area (Å²) in [6, 6.07) is 0. The van der Waals surface area contributed by atoms with Crippen molar-refractivity contribution in [2.75, 3.05) is 0 Å². The Kier molecular flexibility index (Phi) is 3.68. The van der Waals surface area contributed by atoms with E-state index in [-0.39, 0.29) is 0 Å². The molecular formula is C15H25ClO. The number of hydrogen-bond donors (Lipinski definition) is 0. The molecule has 3 rings (SSSR count). The molecule has 0 bridgehead atoms. The Morgan fingerprint density at radius 3 is 2.59 bits per heavy atom. The molecule has 2 heteroatoms. The molecule has 0 radical (unpaired) electrons. The van der Waals surface area contributed by atoms with E-state index < -0.39 is 0 Å². The molecule has 1 spiro atoms. The molecule has 2 atom stereocenters. The largest absolute Gasteiger partial charge is 0.372 e. The average Bonchev–Trinajstić information content (AvgIpc) is 2.98. The SMILES string of the molecule is ClC(CCCC1CCC2(CCCC2)O1)C1CC1. The lowest BCUT2D eigenvalue weighted by molar-refractivity contribution is -0.0395. The van der Waals surface area contributed by atoms with Crippen molar-refractivity contribution in [2.45, 2.75) is 87.7 Å². The van der Waals surface area contributed by atoms with Gasteiger partial charge in [0.2, 0.25) is 0 Å². The van der Waals surface area contributed by atoms with Crippen molar-refractivity contribution in [3.8, 4) is 0 Å². The van der Waals surface area contributed by atoms with Crippen LogP contribution in [0.15, 0.2) is 0 Å². The van der Waals surface area contributed by atoms with E-state index in [0.717, 1.165) is 5.92 Å². The Bertz CT molecular complexity index is 256. The highest BCUT2D eigenvalue weighted by atomic mass is 35.5. The fraction of sp³-hybridized carbons (Fsp3) is 1.00. The van der Waals surface area contributed by atoms with Gasteiger partial charge in [-0.05, 0) is 63.7 Å². The fourth-order valence-electron chi connectivity index (χ4n) is 3.72. The second kappa shape index (κ2) is 5.09. The monoisotopic (exact) mass is 256 g/mol. The zero-order chi connectivity index (χ0) is 11.7. The van der Waals surface area contributed by atoms with Crippen molar-refractivity contribution >= 4 is 11.6 Å². The van der Waals surface area contributed by atoms with E-state index in [2.05, 4.69) is 0 Å². The molecule has 1 heterocycles. The van der Waals surface area contributed by atoms with Gasteiger partial charge in [-0.15, -0.1) is 11.6 Å². The van der Waals surface area contributed by atoms with Crippen LogP contribution < -0.4 is 0 Å². The van der Waals surface area contributed by atoms with Gasteiger partial charge >= 0.3 is 0 Å². The third-order valence-electron chi connectivity index (χ3n) is 4.99. The van der Waals surface area contributed by atoms with E-state index in [9.17, 15) is 0 Å². The quantitative estimate of drug-likeness (QED) is 0.650. The highest BCUT2D eigenvalue weighted by molar-refractivity contribution is 6.20. The van der Waals surface area contributed by atoms with Crippen molar-refractivity contribution in [1.29, 1.82) is 0 Å². The van der Waals surface area contributed by atoms with Gasteiger partial charge in [-0.25, -0.2) is 0 Å². The summed E-state index contributed by atoms with van der Waals surface area (Å²) in [5, 5.41) is 0.455. The average molecular weight is 257 g/mol. The molecule has 17 heavy (non-hydrogen) atoms. The molecule has 2 saturated carbocycles. The van der Waals surface area contributed by atoms with Crippen LogP contribution in [-0.2, 0) is 4.74 Å².